The highest BCUT2D eigenvalue weighted by Gasteiger charge is 2.21. The lowest BCUT2D eigenvalue weighted by Crippen LogP contribution is -2.37. The maximum Gasteiger partial charge on any atom is 0.0507 e. The third-order valence-corrected chi connectivity index (χ3v) is 4.55. The summed E-state index contributed by atoms with van der Waals surface area (Å²) >= 11 is 0. The van der Waals surface area contributed by atoms with Gasteiger partial charge in [-0.15, -0.1) is 0 Å². The molecule has 1 saturated heterocycles. The first-order valence-electron chi connectivity index (χ1n) is 8.23. The molecule has 3 nitrogen and oxygen atoms in total. The van der Waals surface area contributed by atoms with E-state index in [1.807, 2.05) is 0 Å². The summed E-state index contributed by atoms with van der Waals surface area (Å²) in [6.07, 6.45) is 4.55. The van der Waals surface area contributed by atoms with E-state index in [0.717, 1.165) is 32.5 Å². The number of anilines is 1. The monoisotopic (exact) mass is 290 g/mol. The van der Waals surface area contributed by atoms with Crippen LogP contribution in [0.15, 0.2) is 18.2 Å². The Labute approximate surface area is 129 Å². The molecule has 1 aromatic carbocycles. The second kappa shape index (κ2) is 7.81. The third kappa shape index (κ3) is 4.45. The van der Waals surface area contributed by atoms with Gasteiger partial charge in [-0.2, -0.15) is 0 Å². The van der Waals surface area contributed by atoms with E-state index in [1.165, 1.54) is 29.7 Å². The fourth-order valence-electron chi connectivity index (χ4n) is 3.30. The minimum absolute atomic E-state index is 0.274. The lowest BCUT2D eigenvalue weighted by molar-refractivity contribution is 0.143. The third-order valence-electron chi connectivity index (χ3n) is 4.55. The molecule has 3 heteroatoms. The zero-order valence-corrected chi connectivity index (χ0v) is 13.8. The lowest BCUT2D eigenvalue weighted by Gasteiger charge is -2.35. The zero-order chi connectivity index (χ0) is 15.2. The van der Waals surface area contributed by atoms with Crippen LogP contribution in [0.3, 0.4) is 0 Å². The van der Waals surface area contributed by atoms with Crippen molar-refractivity contribution < 1.29 is 4.74 Å². The first-order chi connectivity index (χ1) is 10.1. The molecule has 1 aliphatic heterocycles. The normalized spacial score (nSPS) is 20.6. The molecule has 1 fully saturated rings. The van der Waals surface area contributed by atoms with Gasteiger partial charge in [-0.3, -0.25) is 0 Å². The Morgan fingerprint density at radius 2 is 2.24 bits per heavy atom. The summed E-state index contributed by atoms with van der Waals surface area (Å²) < 4.78 is 5.33. The van der Waals surface area contributed by atoms with Gasteiger partial charge in [0, 0.05) is 31.9 Å². The summed E-state index contributed by atoms with van der Waals surface area (Å²) in [4.78, 5) is 2.52. The van der Waals surface area contributed by atoms with Crippen LogP contribution < -0.4 is 10.6 Å². The average Bonchev–Trinajstić information content (AvgIpc) is 2.48. The van der Waals surface area contributed by atoms with Crippen molar-refractivity contribution in [3.8, 4) is 0 Å². The Bertz CT molecular complexity index is 445. The Balaban J connectivity index is 2.06. The van der Waals surface area contributed by atoms with Gasteiger partial charge in [0.2, 0.25) is 0 Å². The lowest BCUT2D eigenvalue weighted by atomic mass is 9.96. The molecule has 1 heterocycles. The number of nitrogens with zero attached hydrogens (tertiary/aromatic N) is 1. The van der Waals surface area contributed by atoms with Gasteiger partial charge in [-0.05, 0) is 55.7 Å². The summed E-state index contributed by atoms with van der Waals surface area (Å²) in [6.45, 7) is 7.52. The number of piperidine rings is 1. The molecule has 0 aromatic heterocycles. The highest BCUT2D eigenvalue weighted by atomic mass is 16.5. The van der Waals surface area contributed by atoms with Crippen molar-refractivity contribution in [3.05, 3.63) is 29.3 Å². The molecule has 2 atom stereocenters. The van der Waals surface area contributed by atoms with Gasteiger partial charge in [0.05, 0.1) is 6.61 Å². The molecule has 0 radical (unpaired) electrons. The maximum absolute atomic E-state index is 6.06. The minimum atomic E-state index is 0.274. The topological polar surface area (TPSA) is 38.5 Å². The molecule has 2 unspecified atom stereocenters. The number of ether oxygens (including phenoxy) is 1. The molecule has 0 aliphatic carbocycles. The van der Waals surface area contributed by atoms with Crippen molar-refractivity contribution >= 4 is 5.69 Å². The van der Waals surface area contributed by atoms with Crippen LogP contribution in [0.25, 0.3) is 0 Å². The number of aryl methyl sites for hydroxylation is 1. The number of hydrogen-bond donors (Lipinski definition) is 1. The van der Waals surface area contributed by atoms with Crippen LogP contribution in [0.1, 0.15) is 37.3 Å². The van der Waals surface area contributed by atoms with Crippen LogP contribution in [0.5, 0.6) is 0 Å². The van der Waals surface area contributed by atoms with E-state index in [2.05, 4.69) is 36.9 Å². The molecule has 0 amide bonds. The van der Waals surface area contributed by atoms with Crippen molar-refractivity contribution in [2.45, 2.75) is 45.6 Å². The van der Waals surface area contributed by atoms with Crippen molar-refractivity contribution in [2.75, 3.05) is 31.7 Å². The van der Waals surface area contributed by atoms with E-state index in [1.54, 1.807) is 7.11 Å². The Hall–Kier alpha value is -1.06. The zero-order valence-electron chi connectivity index (χ0n) is 13.8. The first kappa shape index (κ1) is 16.3. The van der Waals surface area contributed by atoms with E-state index in [0.29, 0.717) is 5.92 Å². The smallest absolute Gasteiger partial charge is 0.0507 e. The molecular weight excluding hydrogens is 260 g/mol. The van der Waals surface area contributed by atoms with Gasteiger partial charge in [0.15, 0.2) is 0 Å². The van der Waals surface area contributed by atoms with E-state index >= 15 is 0 Å². The molecule has 0 saturated carbocycles. The summed E-state index contributed by atoms with van der Waals surface area (Å²) in [7, 11) is 1.80. The van der Waals surface area contributed by atoms with Gasteiger partial charge >= 0.3 is 0 Å². The molecule has 21 heavy (non-hydrogen) atoms. The summed E-state index contributed by atoms with van der Waals surface area (Å²) in [5.41, 5.74) is 10.2. The molecule has 2 N–H and O–H groups in total. The van der Waals surface area contributed by atoms with Gasteiger partial charge < -0.3 is 15.4 Å². The molecule has 0 bridgehead atoms. The van der Waals surface area contributed by atoms with Gasteiger partial charge in [-0.25, -0.2) is 0 Å². The summed E-state index contributed by atoms with van der Waals surface area (Å²) in [5.74, 6) is 0.663. The Morgan fingerprint density at radius 1 is 1.43 bits per heavy atom. The number of rotatable bonds is 6. The number of nitrogens with two attached hydrogens (primary N) is 1. The predicted octanol–water partition coefficient (Wildman–Crippen LogP) is 3.14. The van der Waals surface area contributed by atoms with Crippen LogP contribution in [-0.2, 0) is 11.2 Å². The summed E-state index contributed by atoms with van der Waals surface area (Å²) in [6, 6.07) is 7.11. The van der Waals surface area contributed by atoms with E-state index < -0.39 is 0 Å². The van der Waals surface area contributed by atoms with Gasteiger partial charge in [0.25, 0.3) is 0 Å². The van der Waals surface area contributed by atoms with Gasteiger partial charge in [-0.1, -0.05) is 19.1 Å². The quantitative estimate of drug-likeness (QED) is 0.875. The fraction of sp³-hybridized carbons (Fsp3) is 0.667. The Kier molecular flexibility index (Phi) is 6.07. The van der Waals surface area contributed by atoms with Crippen molar-refractivity contribution in [3.63, 3.8) is 0 Å². The molecule has 1 aromatic rings. The number of hydrogen-bond acceptors (Lipinski definition) is 3. The standard InChI is InChI=1S/C18H30N2O/c1-4-17(19)11-15-7-8-18(14(2)10-15)20-9-5-6-16(12-20)13-21-3/h7-8,10,16-17H,4-6,9,11-13,19H2,1-3H3. The van der Waals surface area contributed by atoms with Crippen LogP contribution in [0, 0.1) is 12.8 Å². The van der Waals surface area contributed by atoms with E-state index in [9.17, 15) is 0 Å². The van der Waals surface area contributed by atoms with Crippen molar-refractivity contribution in [1.82, 2.24) is 0 Å². The van der Waals surface area contributed by atoms with Gasteiger partial charge in [0.1, 0.15) is 0 Å². The second-order valence-corrected chi connectivity index (χ2v) is 6.40. The molecule has 118 valence electrons. The summed E-state index contributed by atoms with van der Waals surface area (Å²) in [5, 5.41) is 0. The largest absolute Gasteiger partial charge is 0.384 e. The average molecular weight is 290 g/mol. The molecule has 0 spiro atoms. The molecule has 2 rings (SSSR count). The fourth-order valence-corrected chi connectivity index (χ4v) is 3.30. The van der Waals surface area contributed by atoms with Crippen LogP contribution >= 0.6 is 0 Å². The Morgan fingerprint density at radius 3 is 2.90 bits per heavy atom. The van der Waals surface area contributed by atoms with Crippen LogP contribution in [0.4, 0.5) is 5.69 Å². The van der Waals surface area contributed by atoms with Crippen molar-refractivity contribution in [2.24, 2.45) is 11.7 Å². The highest BCUT2D eigenvalue weighted by molar-refractivity contribution is 5.55. The minimum Gasteiger partial charge on any atom is -0.384 e. The van der Waals surface area contributed by atoms with E-state index in [-0.39, 0.29) is 6.04 Å². The molecule has 1 aliphatic rings. The second-order valence-electron chi connectivity index (χ2n) is 6.40. The first-order valence-corrected chi connectivity index (χ1v) is 8.23. The molecular formula is C18H30N2O. The highest BCUT2D eigenvalue weighted by Crippen LogP contribution is 2.27. The van der Waals surface area contributed by atoms with Crippen LogP contribution in [0.2, 0.25) is 0 Å². The number of benzene rings is 1. The SMILES string of the molecule is CCC(N)Cc1ccc(N2CCCC(COC)C2)c(C)c1. The van der Waals surface area contributed by atoms with E-state index in [4.69, 9.17) is 10.5 Å². The van der Waals surface area contributed by atoms with Crippen molar-refractivity contribution in [1.29, 1.82) is 0 Å². The van der Waals surface area contributed by atoms with Crippen LogP contribution in [-0.4, -0.2) is 32.8 Å². The maximum atomic E-state index is 6.06. The number of methoxy groups -OCH3 is 1. The predicted molar refractivity (Wildman–Crippen MR) is 90.0 cm³/mol.